The molecule has 152 valence electrons. The summed E-state index contributed by atoms with van der Waals surface area (Å²) in [6.45, 7) is 2.18. The molecule has 1 aromatic carbocycles. The molecule has 0 N–H and O–H groups in total. The second kappa shape index (κ2) is 7.02. The molecule has 0 atom stereocenters. The molecule has 0 radical (unpaired) electrons. The van der Waals surface area contributed by atoms with Crippen molar-refractivity contribution in [2.24, 2.45) is 0 Å². The summed E-state index contributed by atoms with van der Waals surface area (Å²) in [4.78, 5) is 17.2. The van der Waals surface area contributed by atoms with Crippen molar-refractivity contribution >= 4 is 5.91 Å². The van der Waals surface area contributed by atoms with Crippen LogP contribution in [0.1, 0.15) is 36.1 Å². The first-order valence-electron chi connectivity index (χ1n) is 8.34. The van der Waals surface area contributed by atoms with Crippen LogP contribution in [0.25, 0.3) is 11.3 Å². The summed E-state index contributed by atoms with van der Waals surface area (Å²) in [6, 6.07) is 3.96. The van der Waals surface area contributed by atoms with E-state index in [1.807, 2.05) is 6.92 Å². The zero-order valence-electron chi connectivity index (χ0n) is 14.6. The number of halogens is 6. The van der Waals surface area contributed by atoms with Crippen LogP contribution in [0.5, 0.6) is 5.75 Å². The zero-order valence-corrected chi connectivity index (χ0v) is 14.6. The Bertz CT molecular complexity index is 871. The van der Waals surface area contributed by atoms with Crippen molar-refractivity contribution in [2.45, 2.75) is 39.0 Å². The Morgan fingerprint density at radius 1 is 1.11 bits per heavy atom. The Morgan fingerprint density at radius 2 is 1.75 bits per heavy atom. The van der Waals surface area contributed by atoms with Crippen LogP contribution in [0, 0.1) is 0 Å². The van der Waals surface area contributed by atoms with Crippen molar-refractivity contribution in [1.82, 2.24) is 14.5 Å². The summed E-state index contributed by atoms with van der Waals surface area (Å²) in [7, 11) is 0. The Balaban J connectivity index is 2.01. The van der Waals surface area contributed by atoms with Crippen LogP contribution in [-0.4, -0.2) is 33.3 Å². The van der Waals surface area contributed by atoms with Gasteiger partial charge in [0.05, 0.1) is 12.4 Å². The minimum Gasteiger partial charge on any atom is -0.406 e. The highest BCUT2D eigenvalue weighted by Gasteiger charge is 2.43. The van der Waals surface area contributed by atoms with Gasteiger partial charge in [0.2, 0.25) is 5.82 Å². The third-order valence-corrected chi connectivity index (χ3v) is 4.17. The van der Waals surface area contributed by atoms with Gasteiger partial charge in [0, 0.05) is 12.1 Å². The van der Waals surface area contributed by atoms with Crippen molar-refractivity contribution in [1.29, 1.82) is 0 Å². The van der Waals surface area contributed by atoms with Gasteiger partial charge in [-0.2, -0.15) is 13.2 Å². The van der Waals surface area contributed by atoms with Gasteiger partial charge in [0.15, 0.2) is 5.69 Å². The quantitative estimate of drug-likeness (QED) is 0.677. The van der Waals surface area contributed by atoms with Gasteiger partial charge in [0.25, 0.3) is 5.91 Å². The number of amides is 1. The van der Waals surface area contributed by atoms with Crippen molar-refractivity contribution in [3.05, 3.63) is 35.8 Å². The van der Waals surface area contributed by atoms with E-state index < -0.39 is 29.9 Å². The van der Waals surface area contributed by atoms with Crippen molar-refractivity contribution in [3.8, 4) is 17.0 Å². The fourth-order valence-corrected chi connectivity index (χ4v) is 2.96. The molecule has 0 bridgehead atoms. The molecule has 1 aromatic heterocycles. The van der Waals surface area contributed by atoms with Crippen LogP contribution in [0.2, 0.25) is 0 Å². The molecule has 28 heavy (non-hydrogen) atoms. The lowest BCUT2D eigenvalue weighted by atomic mass is 10.1. The van der Waals surface area contributed by atoms with E-state index in [-0.39, 0.29) is 23.8 Å². The number of carbonyl (C=O) groups is 1. The molecule has 0 fully saturated rings. The summed E-state index contributed by atoms with van der Waals surface area (Å²) >= 11 is 0. The molecular weight excluding hydrogens is 392 g/mol. The Kier molecular flexibility index (Phi) is 5.02. The fourth-order valence-electron chi connectivity index (χ4n) is 2.96. The molecule has 3 rings (SSSR count). The number of rotatable bonds is 5. The molecule has 1 aliphatic heterocycles. The lowest BCUT2D eigenvalue weighted by Gasteiger charge is -2.17. The molecule has 0 unspecified atom stereocenters. The number of hydrogen-bond acceptors (Lipinski definition) is 3. The number of fused-ring (bicyclic) bond motifs is 1. The van der Waals surface area contributed by atoms with Gasteiger partial charge in [-0.05, 0) is 30.7 Å². The minimum absolute atomic E-state index is 0.0225. The number of hydrogen-bond donors (Lipinski definition) is 0. The minimum atomic E-state index is -4.91. The average Bonchev–Trinajstić information content (AvgIpc) is 3.09. The highest BCUT2D eigenvalue weighted by atomic mass is 19.4. The van der Waals surface area contributed by atoms with Gasteiger partial charge in [-0.25, -0.2) is 4.98 Å². The Morgan fingerprint density at radius 3 is 2.29 bits per heavy atom. The first-order valence-corrected chi connectivity index (χ1v) is 8.34. The maximum atomic E-state index is 13.4. The number of benzene rings is 1. The van der Waals surface area contributed by atoms with Crippen LogP contribution < -0.4 is 4.74 Å². The van der Waals surface area contributed by atoms with Gasteiger partial charge in [-0.3, -0.25) is 4.79 Å². The maximum absolute atomic E-state index is 13.4. The number of ether oxygens (including phenoxy) is 1. The molecule has 1 amide bonds. The molecule has 0 aliphatic carbocycles. The molecule has 5 nitrogen and oxygen atoms in total. The molecule has 2 heterocycles. The summed E-state index contributed by atoms with van der Waals surface area (Å²) in [6.07, 6.45) is -8.26. The molecule has 2 aromatic rings. The largest absolute Gasteiger partial charge is 0.573 e. The normalized spacial score (nSPS) is 14.5. The maximum Gasteiger partial charge on any atom is 0.573 e. The van der Waals surface area contributed by atoms with E-state index >= 15 is 0 Å². The van der Waals surface area contributed by atoms with Crippen molar-refractivity contribution in [3.63, 3.8) is 0 Å². The molecule has 0 spiro atoms. The van der Waals surface area contributed by atoms with E-state index in [4.69, 9.17) is 0 Å². The fraction of sp³-hybridized carbons (Fsp3) is 0.412. The van der Waals surface area contributed by atoms with Crippen molar-refractivity contribution in [2.75, 3.05) is 6.54 Å². The lowest BCUT2D eigenvalue weighted by Crippen LogP contribution is -2.26. The number of nitrogens with zero attached hydrogens (tertiary/aromatic N) is 3. The standard InChI is InChI=1S/C17H15F6N3O2/c1-2-3-8-25-9-26-12(13(16(18,19)20)24-14(26)15(25)27)10-4-6-11(7-5-10)28-17(21,22)23/h4-7H,2-3,8-9H2,1H3. The molecule has 0 saturated carbocycles. The van der Waals surface area contributed by atoms with E-state index in [0.717, 1.165) is 35.3 Å². The second-order valence-electron chi connectivity index (χ2n) is 6.19. The SMILES string of the molecule is CCCCN1Cn2c(nc(C(F)(F)F)c2-c2ccc(OC(F)(F)F)cc2)C1=O. The number of unbranched alkanes of at least 4 members (excludes halogenated alkanes) is 1. The molecule has 1 aliphatic rings. The van der Waals surface area contributed by atoms with Crippen LogP contribution in [0.15, 0.2) is 24.3 Å². The topological polar surface area (TPSA) is 47.4 Å². The molecular formula is C17H15F6N3O2. The smallest absolute Gasteiger partial charge is 0.406 e. The van der Waals surface area contributed by atoms with Crippen LogP contribution >= 0.6 is 0 Å². The molecule has 11 heteroatoms. The first kappa shape index (κ1) is 20.0. The summed E-state index contributed by atoms with van der Waals surface area (Å²) in [5, 5.41) is 0. The number of alkyl halides is 6. The van der Waals surface area contributed by atoms with Crippen LogP contribution in [0.4, 0.5) is 26.3 Å². The lowest BCUT2D eigenvalue weighted by molar-refractivity contribution is -0.274. The number of carbonyl (C=O) groups excluding carboxylic acids is 1. The van der Waals surface area contributed by atoms with E-state index in [2.05, 4.69) is 9.72 Å². The van der Waals surface area contributed by atoms with E-state index in [1.165, 1.54) is 4.90 Å². The van der Waals surface area contributed by atoms with Gasteiger partial charge in [-0.1, -0.05) is 13.3 Å². The zero-order chi connectivity index (χ0) is 20.7. The average molecular weight is 407 g/mol. The Labute approximate surface area is 155 Å². The number of aromatic nitrogens is 2. The predicted molar refractivity (Wildman–Crippen MR) is 85.3 cm³/mol. The number of imidazole rings is 1. The monoisotopic (exact) mass is 407 g/mol. The van der Waals surface area contributed by atoms with Gasteiger partial charge in [0.1, 0.15) is 5.75 Å². The first-order chi connectivity index (χ1) is 13.0. The van der Waals surface area contributed by atoms with Crippen molar-refractivity contribution < 1.29 is 35.9 Å². The summed E-state index contributed by atoms with van der Waals surface area (Å²) in [5.41, 5.74) is -1.64. The van der Waals surface area contributed by atoms with Crippen LogP contribution in [-0.2, 0) is 12.8 Å². The van der Waals surface area contributed by atoms with E-state index in [0.29, 0.717) is 13.0 Å². The van der Waals surface area contributed by atoms with E-state index in [1.54, 1.807) is 0 Å². The summed E-state index contributed by atoms with van der Waals surface area (Å²) < 4.78 is 82.0. The highest BCUT2D eigenvalue weighted by molar-refractivity contribution is 5.94. The summed E-state index contributed by atoms with van der Waals surface area (Å²) in [5.74, 6) is -1.51. The second-order valence-corrected chi connectivity index (χ2v) is 6.19. The van der Waals surface area contributed by atoms with Gasteiger partial charge >= 0.3 is 12.5 Å². The van der Waals surface area contributed by atoms with E-state index in [9.17, 15) is 31.1 Å². The van der Waals surface area contributed by atoms with Gasteiger partial charge < -0.3 is 14.2 Å². The van der Waals surface area contributed by atoms with Gasteiger partial charge in [-0.15, -0.1) is 13.2 Å². The highest BCUT2D eigenvalue weighted by Crippen LogP contribution is 2.39. The van der Waals surface area contributed by atoms with Crippen LogP contribution in [0.3, 0.4) is 0 Å². The predicted octanol–water partition coefficient (Wildman–Crippen LogP) is 4.68. The Hall–Kier alpha value is -2.72. The third kappa shape index (κ3) is 3.92. The molecule has 0 saturated heterocycles. The third-order valence-electron chi connectivity index (χ3n) is 4.17.